The molecule has 0 heterocycles. The van der Waals surface area contributed by atoms with Crippen LogP contribution in [0.5, 0.6) is 11.5 Å². The van der Waals surface area contributed by atoms with Crippen LogP contribution in [0.25, 0.3) is 0 Å². The number of methoxy groups -OCH3 is 2. The fraction of sp³-hybridized carbons (Fsp3) is 0.533. The minimum atomic E-state index is -0.0175. The monoisotopic (exact) mass is 280 g/mol. The first-order chi connectivity index (χ1) is 9.47. The summed E-state index contributed by atoms with van der Waals surface area (Å²) in [7, 11) is 7.17. The van der Waals surface area contributed by atoms with Crippen molar-refractivity contribution in [2.75, 3.05) is 41.4 Å². The highest BCUT2D eigenvalue weighted by molar-refractivity contribution is 5.79. The van der Waals surface area contributed by atoms with Gasteiger partial charge < -0.3 is 19.7 Å². The molecule has 0 saturated carbocycles. The summed E-state index contributed by atoms with van der Waals surface area (Å²) < 4.78 is 10.6. The standard InChI is InChI=1S/C15H24N2O3/c1-11-8-14(20-5)12(9-13(11)19-4)10-15(18)16-6-7-17(2)3/h8-9H,6-7,10H2,1-5H3,(H,16,18). The first-order valence-electron chi connectivity index (χ1n) is 6.60. The maximum atomic E-state index is 11.9. The number of aryl methyl sites for hydroxylation is 1. The molecule has 5 nitrogen and oxygen atoms in total. The Hall–Kier alpha value is -1.75. The van der Waals surface area contributed by atoms with Crippen LogP contribution < -0.4 is 14.8 Å². The van der Waals surface area contributed by atoms with Gasteiger partial charge in [-0.25, -0.2) is 0 Å². The van der Waals surface area contributed by atoms with Gasteiger partial charge in [-0.05, 0) is 38.7 Å². The Kier molecular flexibility index (Phi) is 6.31. The van der Waals surface area contributed by atoms with Crippen LogP contribution in [0.4, 0.5) is 0 Å². The van der Waals surface area contributed by atoms with Gasteiger partial charge in [-0.3, -0.25) is 4.79 Å². The summed E-state index contributed by atoms with van der Waals surface area (Å²) in [4.78, 5) is 13.9. The van der Waals surface area contributed by atoms with Gasteiger partial charge in [0.2, 0.25) is 5.91 Å². The molecular weight excluding hydrogens is 256 g/mol. The lowest BCUT2D eigenvalue weighted by Gasteiger charge is -2.14. The SMILES string of the molecule is COc1cc(CC(=O)NCCN(C)C)c(OC)cc1C. The van der Waals surface area contributed by atoms with E-state index in [1.807, 2.05) is 38.1 Å². The number of carbonyl (C=O) groups is 1. The molecule has 1 N–H and O–H groups in total. The highest BCUT2D eigenvalue weighted by Gasteiger charge is 2.12. The fourth-order valence-corrected chi connectivity index (χ4v) is 1.91. The average molecular weight is 280 g/mol. The molecule has 20 heavy (non-hydrogen) atoms. The van der Waals surface area contributed by atoms with E-state index in [9.17, 15) is 4.79 Å². The summed E-state index contributed by atoms with van der Waals surface area (Å²) in [6.45, 7) is 3.40. The van der Waals surface area contributed by atoms with Gasteiger partial charge in [0.05, 0.1) is 20.6 Å². The van der Waals surface area contributed by atoms with Crippen molar-refractivity contribution in [2.24, 2.45) is 0 Å². The van der Waals surface area contributed by atoms with E-state index >= 15 is 0 Å². The van der Waals surface area contributed by atoms with E-state index < -0.39 is 0 Å². The van der Waals surface area contributed by atoms with Crippen molar-refractivity contribution in [3.05, 3.63) is 23.3 Å². The summed E-state index contributed by atoms with van der Waals surface area (Å²) in [5.41, 5.74) is 1.82. The van der Waals surface area contributed by atoms with Crippen molar-refractivity contribution in [3.8, 4) is 11.5 Å². The number of ether oxygens (including phenoxy) is 2. The van der Waals surface area contributed by atoms with E-state index in [-0.39, 0.29) is 12.3 Å². The van der Waals surface area contributed by atoms with Crippen LogP contribution in [0.1, 0.15) is 11.1 Å². The van der Waals surface area contributed by atoms with Crippen molar-refractivity contribution in [1.29, 1.82) is 0 Å². The van der Waals surface area contributed by atoms with Gasteiger partial charge >= 0.3 is 0 Å². The number of benzene rings is 1. The zero-order chi connectivity index (χ0) is 15.1. The Balaban J connectivity index is 2.72. The molecule has 0 aromatic heterocycles. The van der Waals surface area contributed by atoms with Crippen LogP contribution in [0.3, 0.4) is 0 Å². The smallest absolute Gasteiger partial charge is 0.224 e. The van der Waals surface area contributed by atoms with E-state index in [1.54, 1.807) is 14.2 Å². The van der Waals surface area contributed by atoms with Gasteiger partial charge in [0.25, 0.3) is 0 Å². The minimum Gasteiger partial charge on any atom is -0.496 e. The lowest BCUT2D eigenvalue weighted by Crippen LogP contribution is -2.32. The third kappa shape index (κ3) is 4.74. The van der Waals surface area contributed by atoms with E-state index in [1.165, 1.54) is 0 Å². The Morgan fingerprint density at radius 3 is 2.40 bits per heavy atom. The molecule has 1 rings (SSSR count). The summed E-state index contributed by atoms with van der Waals surface area (Å²) in [6.07, 6.45) is 0.285. The summed E-state index contributed by atoms with van der Waals surface area (Å²) in [5.74, 6) is 1.46. The number of nitrogens with one attached hydrogen (secondary N) is 1. The third-order valence-corrected chi connectivity index (χ3v) is 3.03. The van der Waals surface area contributed by atoms with Crippen molar-refractivity contribution in [3.63, 3.8) is 0 Å². The van der Waals surface area contributed by atoms with Crippen LogP contribution >= 0.6 is 0 Å². The van der Waals surface area contributed by atoms with Gasteiger partial charge in [-0.1, -0.05) is 0 Å². The molecule has 0 bridgehead atoms. The number of rotatable bonds is 7. The second kappa shape index (κ2) is 7.75. The van der Waals surface area contributed by atoms with Gasteiger partial charge in [-0.2, -0.15) is 0 Å². The summed E-state index contributed by atoms with van der Waals surface area (Å²) in [5, 5.41) is 2.89. The number of hydrogen-bond acceptors (Lipinski definition) is 4. The number of hydrogen-bond donors (Lipinski definition) is 1. The molecule has 0 aliphatic carbocycles. The molecule has 0 fully saturated rings. The molecule has 0 aliphatic heterocycles. The normalized spacial score (nSPS) is 10.5. The van der Waals surface area contributed by atoms with E-state index in [2.05, 4.69) is 5.32 Å². The maximum absolute atomic E-state index is 11.9. The van der Waals surface area contributed by atoms with Gasteiger partial charge in [-0.15, -0.1) is 0 Å². The largest absolute Gasteiger partial charge is 0.496 e. The van der Waals surface area contributed by atoms with Crippen molar-refractivity contribution < 1.29 is 14.3 Å². The molecule has 0 unspecified atom stereocenters. The molecule has 112 valence electrons. The molecule has 0 atom stereocenters. The second-order valence-corrected chi connectivity index (χ2v) is 4.96. The fourth-order valence-electron chi connectivity index (χ4n) is 1.91. The number of carbonyl (C=O) groups excluding carboxylic acids is 1. The van der Waals surface area contributed by atoms with Crippen LogP contribution in [0.15, 0.2) is 12.1 Å². The molecule has 5 heteroatoms. The van der Waals surface area contributed by atoms with Crippen LogP contribution in [-0.2, 0) is 11.2 Å². The molecule has 1 aromatic carbocycles. The Morgan fingerprint density at radius 1 is 1.20 bits per heavy atom. The molecule has 1 amide bonds. The lowest BCUT2D eigenvalue weighted by atomic mass is 10.1. The lowest BCUT2D eigenvalue weighted by molar-refractivity contribution is -0.120. The molecule has 0 aliphatic rings. The number of nitrogens with zero attached hydrogens (tertiary/aromatic N) is 1. The van der Waals surface area contributed by atoms with Crippen molar-refractivity contribution >= 4 is 5.91 Å². The quantitative estimate of drug-likeness (QED) is 0.816. The Morgan fingerprint density at radius 2 is 1.85 bits per heavy atom. The van der Waals surface area contributed by atoms with Crippen LogP contribution in [-0.4, -0.2) is 52.2 Å². The van der Waals surface area contributed by atoms with E-state index in [4.69, 9.17) is 9.47 Å². The average Bonchev–Trinajstić information content (AvgIpc) is 2.39. The van der Waals surface area contributed by atoms with E-state index in [0.717, 1.165) is 23.4 Å². The predicted octanol–water partition coefficient (Wildman–Crippen LogP) is 1.23. The summed E-state index contributed by atoms with van der Waals surface area (Å²) in [6, 6.07) is 3.75. The maximum Gasteiger partial charge on any atom is 0.224 e. The molecular formula is C15H24N2O3. The zero-order valence-electron chi connectivity index (χ0n) is 12.9. The predicted molar refractivity (Wildman–Crippen MR) is 79.6 cm³/mol. The molecule has 0 saturated heterocycles. The van der Waals surface area contributed by atoms with Crippen molar-refractivity contribution in [1.82, 2.24) is 10.2 Å². The van der Waals surface area contributed by atoms with Crippen LogP contribution in [0.2, 0.25) is 0 Å². The molecule has 0 spiro atoms. The highest BCUT2D eigenvalue weighted by Crippen LogP contribution is 2.28. The topological polar surface area (TPSA) is 50.8 Å². The number of amides is 1. The Bertz CT molecular complexity index is 459. The highest BCUT2D eigenvalue weighted by atomic mass is 16.5. The van der Waals surface area contributed by atoms with Gasteiger partial charge in [0, 0.05) is 18.7 Å². The van der Waals surface area contributed by atoms with Crippen molar-refractivity contribution in [2.45, 2.75) is 13.3 Å². The third-order valence-electron chi connectivity index (χ3n) is 3.03. The van der Waals surface area contributed by atoms with Gasteiger partial charge in [0.15, 0.2) is 0 Å². The number of likely N-dealkylation sites (N-methyl/N-ethyl adjacent to an activating group) is 1. The van der Waals surface area contributed by atoms with E-state index in [0.29, 0.717) is 12.3 Å². The Labute approximate surface area is 120 Å². The van der Waals surface area contributed by atoms with Crippen LogP contribution in [0, 0.1) is 6.92 Å². The molecule has 0 radical (unpaired) electrons. The summed E-state index contributed by atoms with van der Waals surface area (Å²) >= 11 is 0. The first kappa shape index (κ1) is 16.3. The first-order valence-corrected chi connectivity index (χ1v) is 6.60. The zero-order valence-corrected chi connectivity index (χ0v) is 12.9. The minimum absolute atomic E-state index is 0.0175. The van der Waals surface area contributed by atoms with Gasteiger partial charge in [0.1, 0.15) is 11.5 Å². The molecule has 1 aromatic rings. The second-order valence-electron chi connectivity index (χ2n) is 4.96.